The predicted molar refractivity (Wildman–Crippen MR) is 146 cm³/mol. The Labute approximate surface area is 208 Å². The van der Waals surface area contributed by atoms with E-state index in [4.69, 9.17) is 0 Å². The molecule has 0 amide bonds. The molecular weight excluding hydrogens is 513 g/mol. The van der Waals surface area contributed by atoms with Gasteiger partial charge in [0.2, 0.25) is 0 Å². The smallest absolute Gasteiger partial charge is 0.0742 e. The highest BCUT2D eigenvalue weighted by Crippen LogP contribution is 2.57. The third-order valence-electron chi connectivity index (χ3n) is 6.65. The molecule has 1 aliphatic rings. The number of fused-ring (bicyclic) bond motifs is 2. The summed E-state index contributed by atoms with van der Waals surface area (Å²) in [5.41, 5.74) is 9.65. The summed E-state index contributed by atoms with van der Waals surface area (Å²) in [7, 11) is 0. The number of nitrogens with zero attached hydrogens (tertiary/aromatic N) is 1. The van der Waals surface area contributed by atoms with E-state index in [9.17, 15) is 0 Å². The van der Waals surface area contributed by atoms with Crippen LogP contribution in [-0.4, -0.2) is 0 Å². The van der Waals surface area contributed by atoms with Gasteiger partial charge in [0.25, 0.3) is 0 Å². The van der Waals surface area contributed by atoms with E-state index in [1.807, 2.05) is 0 Å². The molecule has 5 aromatic carbocycles. The molecule has 33 heavy (non-hydrogen) atoms. The highest BCUT2D eigenvalue weighted by atomic mass is 127. The van der Waals surface area contributed by atoms with Crippen molar-refractivity contribution in [1.29, 1.82) is 0 Å². The van der Waals surface area contributed by atoms with E-state index >= 15 is 0 Å². The Morgan fingerprint density at radius 2 is 0.970 bits per heavy atom. The van der Waals surface area contributed by atoms with Gasteiger partial charge in [-0.15, -0.1) is 0 Å². The molecular formula is C31H22IN. The molecule has 0 atom stereocenters. The molecule has 1 nitrogen and oxygen atoms in total. The molecule has 0 fully saturated rings. The third-order valence-corrected chi connectivity index (χ3v) is 7.69. The molecule has 0 aliphatic carbocycles. The van der Waals surface area contributed by atoms with Crippen LogP contribution >= 0.6 is 22.9 Å². The molecule has 2 heteroatoms. The lowest BCUT2D eigenvalue weighted by Gasteiger charge is -2.44. The van der Waals surface area contributed by atoms with Crippen LogP contribution in [0.5, 0.6) is 0 Å². The van der Waals surface area contributed by atoms with E-state index in [2.05, 4.69) is 159 Å². The lowest BCUT2D eigenvalue weighted by molar-refractivity contribution is 0.737. The quantitative estimate of drug-likeness (QED) is 0.165. The zero-order valence-electron chi connectivity index (χ0n) is 18.0. The van der Waals surface area contributed by atoms with Crippen molar-refractivity contribution in [3.63, 3.8) is 0 Å². The van der Waals surface area contributed by atoms with E-state index in [0.717, 1.165) is 0 Å². The maximum absolute atomic E-state index is 2.45. The average Bonchev–Trinajstić information content (AvgIpc) is 2.91. The first-order valence-corrected chi connectivity index (χ1v) is 12.1. The zero-order chi connectivity index (χ0) is 22.3. The maximum Gasteiger partial charge on any atom is 0.0742 e. The molecule has 6 rings (SSSR count). The van der Waals surface area contributed by atoms with Crippen molar-refractivity contribution in [2.24, 2.45) is 0 Å². The molecule has 0 radical (unpaired) electrons. The fourth-order valence-electron chi connectivity index (χ4n) is 5.22. The van der Waals surface area contributed by atoms with Crippen LogP contribution in [0.1, 0.15) is 22.3 Å². The van der Waals surface area contributed by atoms with E-state index in [0.29, 0.717) is 0 Å². The molecule has 1 aliphatic heterocycles. The molecule has 0 saturated carbocycles. The first kappa shape index (κ1) is 20.3. The van der Waals surface area contributed by atoms with Crippen molar-refractivity contribution in [2.75, 3.05) is 3.11 Å². The minimum atomic E-state index is -0.416. The minimum Gasteiger partial charge on any atom is -0.282 e. The molecule has 1 heterocycles. The van der Waals surface area contributed by atoms with Crippen LogP contribution in [0.15, 0.2) is 133 Å². The highest BCUT2D eigenvalue weighted by Gasteiger charge is 2.45. The van der Waals surface area contributed by atoms with Crippen LogP contribution < -0.4 is 3.11 Å². The summed E-state index contributed by atoms with van der Waals surface area (Å²) < 4.78 is 2.31. The van der Waals surface area contributed by atoms with Gasteiger partial charge in [-0.25, -0.2) is 0 Å². The fraction of sp³-hybridized carbons (Fsp3) is 0.0323. The number of anilines is 2. The summed E-state index contributed by atoms with van der Waals surface area (Å²) in [5, 5.41) is 0. The number of rotatable bonds is 3. The molecule has 0 saturated heterocycles. The second-order valence-electron chi connectivity index (χ2n) is 8.38. The number of benzene rings is 5. The maximum atomic E-state index is 2.45. The van der Waals surface area contributed by atoms with Crippen LogP contribution in [0, 0.1) is 0 Å². The molecule has 0 unspecified atom stereocenters. The van der Waals surface area contributed by atoms with Gasteiger partial charge in [-0.3, -0.25) is 3.11 Å². The number of para-hydroxylation sites is 1. The van der Waals surface area contributed by atoms with Gasteiger partial charge in [0.15, 0.2) is 0 Å². The first-order valence-electron chi connectivity index (χ1n) is 11.2. The monoisotopic (exact) mass is 535 g/mol. The fourth-order valence-corrected chi connectivity index (χ4v) is 6.06. The van der Waals surface area contributed by atoms with E-state index in [1.165, 1.54) is 44.8 Å². The summed E-state index contributed by atoms with van der Waals surface area (Å²) in [4.78, 5) is 0. The first-order chi connectivity index (χ1) is 16.3. The highest BCUT2D eigenvalue weighted by molar-refractivity contribution is 14.1. The Morgan fingerprint density at radius 1 is 0.455 bits per heavy atom. The van der Waals surface area contributed by atoms with Crippen LogP contribution in [-0.2, 0) is 5.41 Å². The minimum absolute atomic E-state index is 0.416. The predicted octanol–water partition coefficient (Wildman–Crippen LogP) is 8.54. The molecule has 0 N–H and O–H groups in total. The normalized spacial score (nSPS) is 13.8. The van der Waals surface area contributed by atoms with Gasteiger partial charge in [-0.2, -0.15) is 0 Å². The number of halogens is 1. The summed E-state index contributed by atoms with van der Waals surface area (Å²) in [6, 6.07) is 48.3. The van der Waals surface area contributed by atoms with Gasteiger partial charge in [-0.1, -0.05) is 115 Å². The van der Waals surface area contributed by atoms with Gasteiger partial charge >= 0.3 is 0 Å². The van der Waals surface area contributed by atoms with Crippen LogP contribution in [0.2, 0.25) is 0 Å². The van der Waals surface area contributed by atoms with Gasteiger partial charge in [0, 0.05) is 0 Å². The van der Waals surface area contributed by atoms with Crippen molar-refractivity contribution < 1.29 is 0 Å². The largest absolute Gasteiger partial charge is 0.282 e. The van der Waals surface area contributed by atoms with Crippen molar-refractivity contribution >= 4 is 34.2 Å². The Kier molecular flexibility index (Phi) is 5.03. The third kappa shape index (κ3) is 3.12. The summed E-state index contributed by atoms with van der Waals surface area (Å²) in [5.74, 6) is 0. The summed E-state index contributed by atoms with van der Waals surface area (Å²) >= 11 is 2.45. The standard InChI is InChI=1S/C31H22IN/c32-33-29-19-11-10-18-27(29)31(25-14-6-2-7-15-25,26-16-8-3-9-17-26)28-22-24(20-21-30(28)33)23-12-4-1-5-13-23/h1-22H. The van der Waals surface area contributed by atoms with Crippen LogP contribution in [0.25, 0.3) is 11.1 Å². The van der Waals surface area contributed by atoms with Crippen molar-refractivity contribution in [1.82, 2.24) is 0 Å². The van der Waals surface area contributed by atoms with Gasteiger partial charge < -0.3 is 0 Å². The van der Waals surface area contributed by atoms with Gasteiger partial charge in [0.05, 0.1) is 39.7 Å². The van der Waals surface area contributed by atoms with Crippen LogP contribution in [0.3, 0.4) is 0 Å². The van der Waals surface area contributed by atoms with E-state index in [-0.39, 0.29) is 0 Å². The molecule has 0 bridgehead atoms. The topological polar surface area (TPSA) is 3.24 Å². The SMILES string of the molecule is IN1c2ccccc2C(c2ccccc2)(c2ccccc2)c2cc(-c3ccccc3)ccc21. The second kappa shape index (κ2) is 8.20. The lowest BCUT2D eigenvalue weighted by Crippen LogP contribution is -2.36. The van der Waals surface area contributed by atoms with Crippen molar-refractivity contribution in [3.8, 4) is 11.1 Å². The average molecular weight is 535 g/mol. The summed E-state index contributed by atoms with van der Waals surface area (Å²) in [6.07, 6.45) is 0. The number of hydrogen-bond acceptors (Lipinski definition) is 1. The van der Waals surface area contributed by atoms with Crippen molar-refractivity contribution in [2.45, 2.75) is 5.41 Å². The summed E-state index contributed by atoms with van der Waals surface area (Å²) in [6.45, 7) is 0. The van der Waals surface area contributed by atoms with E-state index in [1.54, 1.807) is 0 Å². The van der Waals surface area contributed by atoms with Gasteiger partial charge in [0.1, 0.15) is 0 Å². The molecule has 158 valence electrons. The Balaban J connectivity index is 1.77. The lowest BCUT2D eigenvalue weighted by atomic mass is 9.62. The molecule has 0 aromatic heterocycles. The van der Waals surface area contributed by atoms with E-state index < -0.39 is 5.41 Å². The molecule has 5 aromatic rings. The van der Waals surface area contributed by atoms with Crippen molar-refractivity contribution in [3.05, 3.63) is 156 Å². The zero-order valence-corrected chi connectivity index (χ0v) is 20.2. The molecule has 0 spiro atoms. The number of hydrogen-bond donors (Lipinski definition) is 0. The second-order valence-corrected chi connectivity index (χ2v) is 9.34. The Bertz CT molecular complexity index is 1370. The Morgan fingerprint density at radius 3 is 1.61 bits per heavy atom. The van der Waals surface area contributed by atoms with Crippen LogP contribution in [0.4, 0.5) is 11.4 Å². The van der Waals surface area contributed by atoms with Gasteiger partial charge in [-0.05, 0) is 51.6 Å². The Hall–Kier alpha value is -3.37.